The number of halogens is 3. The molecular weight excluding hydrogens is 659 g/mol. The normalized spacial score (nSPS) is 14.6. The van der Waals surface area contributed by atoms with Crippen molar-refractivity contribution in [3.05, 3.63) is 89.7 Å². The standard InChI is InChI=1S/C34H34F3N7O4S/c1-5-6-24-10-7-21(2)17-28(24)44-30(46)19-49-33(44)40-32(47)39-29(42(4)22(3)45)18-23-8-11-25(12-9-23)31-38-20-43(41-31)26-13-15-27(16-14-26)48-34(35,36)37/h7-17,20,29H,5-6,18-19H2,1-4H3,(H,39,47). The molecule has 3 aromatic carbocycles. The zero-order chi connectivity index (χ0) is 35.3. The summed E-state index contributed by atoms with van der Waals surface area (Å²) < 4.78 is 42.8. The van der Waals surface area contributed by atoms with Crippen LogP contribution in [0.5, 0.6) is 5.75 Å². The van der Waals surface area contributed by atoms with Crippen LogP contribution in [0.15, 0.2) is 78.0 Å². The first-order valence-corrected chi connectivity index (χ1v) is 16.3. The number of thioether (sulfide) groups is 1. The lowest BCUT2D eigenvalue weighted by Crippen LogP contribution is -2.49. The number of benzene rings is 3. The lowest BCUT2D eigenvalue weighted by molar-refractivity contribution is -0.274. The minimum atomic E-state index is -4.78. The average molecular weight is 694 g/mol. The van der Waals surface area contributed by atoms with Crippen molar-refractivity contribution in [3.63, 3.8) is 0 Å². The molecule has 0 bridgehead atoms. The zero-order valence-corrected chi connectivity index (χ0v) is 28.0. The second-order valence-corrected chi connectivity index (χ2v) is 12.3. The molecule has 4 amide bonds. The van der Waals surface area contributed by atoms with Crippen molar-refractivity contribution in [1.29, 1.82) is 0 Å². The smallest absolute Gasteiger partial charge is 0.406 e. The van der Waals surface area contributed by atoms with Gasteiger partial charge in [-0.15, -0.1) is 18.3 Å². The van der Waals surface area contributed by atoms with Crippen LogP contribution >= 0.6 is 11.8 Å². The van der Waals surface area contributed by atoms with Gasteiger partial charge in [0.15, 0.2) is 11.0 Å². The minimum Gasteiger partial charge on any atom is -0.406 e. The summed E-state index contributed by atoms with van der Waals surface area (Å²) in [5.41, 5.74) is 4.65. The number of hydrogen-bond acceptors (Lipinski definition) is 7. The monoisotopic (exact) mass is 693 g/mol. The van der Waals surface area contributed by atoms with Crippen LogP contribution in [0.25, 0.3) is 17.1 Å². The molecule has 0 radical (unpaired) electrons. The molecule has 256 valence electrons. The van der Waals surface area contributed by atoms with Crippen LogP contribution in [0.1, 0.15) is 37.0 Å². The van der Waals surface area contributed by atoms with Crippen molar-refractivity contribution < 1.29 is 32.3 Å². The van der Waals surface area contributed by atoms with Gasteiger partial charge in [0.1, 0.15) is 18.2 Å². The Balaban J connectivity index is 1.29. The second kappa shape index (κ2) is 14.9. The van der Waals surface area contributed by atoms with Crippen molar-refractivity contribution in [1.82, 2.24) is 25.0 Å². The molecule has 49 heavy (non-hydrogen) atoms. The number of hydrogen-bond donors (Lipinski definition) is 1. The van der Waals surface area contributed by atoms with Crippen molar-refractivity contribution >= 4 is 40.5 Å². The molecule has 1 N–H and O–H groups in total. The molecule has 1 unspecified atom stereocenters. The summed E-state index contributed by atoms with van der Waals surface area (Å²) >= 11 is 1.19. The number of aliphatic imine (C=N–C) groups is 1. The second-order valence-electron chi connectivity index (χ2n) is 11.3. The molecular formula is C34H34F3N7O4S. The average Bonchev–Trinajstić information content (AvgIpc) is 3.68. The van der Waals surface area contributed by atoms with E-state index in [1.54, 1.807) is 19.2 Å². The summed E-state index contributed by atoms with van der Waals surface area (Å²) in [4.78, 5) is 50.0. The van der Waals surface area contributed by atoms with E-state index in [1.807, 2.05) is 37.3 Å². The molecule has 0 aliphatic carbocycles. The highest BCUT2D eigenvalue weighted by Gasteiger charge is 2.33. The van der Waals surface area contributed by atoms with Crippen LogP contribution in [0, 0.1) is 6.92 Å². The fourth-order valence-corrected chi connectivity index (χ4v) is 6.00. The Hall–Kier alpha value is -5.18. The van der Waals surface area contributed by atoms with E-state index in [0.717, 1.165) is 29.5 Å². The summed E-state index contributed by atoms with van der Waals surface area (Å²) in [5.74, 6) is -0.233. The third-order valence-corrected chi connectivity index (χ3v) is 8.61. The molecule has 5 rings (SSSR count). The van der Waals surface area contributed by atoms with Gasteiger partial charge in [-0.2, -0.15) is 4.99 Å². The first-order valence-electron chi connectivity index (χ1n) is 15.4. The Kier molecular flexibility index (Phi) is 10.7. The molecule has 1 aliphatic heterocycles. The quantitative estimate of drug-likeness (QED) is 0.194. The van der Waals surface area contributed by atoms with Gasteiger partial charge in [-0.1, -0.05) is 61.5 Å². The van der Waals surface area contributed by atoms with Gasteiger partial charge >= 0.3 is 12.4 Å². The Morgan fingerprint density at radius 3 is 2.47 bits per heavy atom. The lowest BCUT2D eigenvalue weighted by Gasteiger charge is -2.28. The highest BCUT2D eigenvalue weighted by Crippen LogP contribution is 2.31. The number of alkyl halides is 3. The summed E-state index contributed by atoms with van der Waals surface area (Å²) in [7, 11) is 1.58. The molecule has 11 nitrogen and oxygen atoms in total. The first-order chi connectivity index (χ1) is 23.3. The van der Waals surface area contributed by atoms with Crippen molar-refractivity contribution in [2.45, 2.75) is 52.6 Å². The van der Waals surface area contributed by atoms with Gasteiger partial charge in [0.05, 0.1) is 17.1 Å². The number of ether oxygens (including phenoxy) is 1. The number of amides is 4. The number of amidine groups is 1. The van der Waals surface area contributed by atoms with Gasteiger partial charge in [-0.3, -0.25) is 14.5 Å². The maximum Gasteiger partial charge on any atom is 0.573 e. The Bertz CT molecular complexity index is 1860. The van der Waals surface area contributed by atoms with E-state index in [0.29, 0.717) is 22.8 Å². The van der Waals surface area contributed by atoms with E-state index in [-0.39, 0.29) is 34.9 Å². The molecule has 4 aromatic rings. The maximum atomic E-state index is 13.3. The van der Waals surface area contributed by atoms with Crippen LogP contribution in [-0.2, 0) is 22.4 Å². The number of anilines is 1. The predicted molar refractivity (Wildman–Crippen MR) is 180 cm³/mol. The van der Waals surface area contributed by atoms with Crippen molar-refractivity contribution in [3.8, 4) is 22.8 Å². The first kappa shape index (κ1) is 35.1. The number of carbonyl (C=O) groups excluding carboxylic acids is 3. The van der Waals surface area contributed by atoms with Crippen LogP contribution in [-0.4, -0.2) is 68.0 Å². The van der Waals surface area contributed by atoms with Gasteiger partial charge in [0.25, 0.3) is 0 Å². The maximum absolute atomic E-state index is 13.3. The van der Waals surface area contributed by atoms with Crippen LogP contribution in [0.3, 0.4) is 0 Å². The van der Waals surface area contributed by atoms with Gasteiger partial charge in [-0.05, 0) is 60.4 Å². The SMILES string of the molecule is CCCc1ccc(C)cc1N1C(=O)CSC1=NC(=O)NC(Cc1ccc(-c2ncn(-c3ccc(OC(F)(F)F)cc3)n2)cc1)N(C)C(C)=O. The largest absolute Gasteiger partial charge is 0.573 e. The zero-order valence-electron chi connectivity index (χ0n) is 27.2. The molecule has 2 heterocycles. The number of urea groups is 1. The number of aryl methyl sites for hydroxylation is 2. The molecule has 1 aromatic heterocycles. The van der Waals surface area contributed by atoms with Gasteiger partial charge in [-0.25, -0.2) is 14.5 Å². The summed E-state index contributed by atoms with van der Waals surface area (Å²) in [6, 6.07) is 17.7. The number of nitrogens with one attached hydrogen (secondary N) is 1. The number of nitrogens with zero attached hydrogens (tertiary/aromatic N) is 6. The molecule has 0 spiro atoms. The molecule has 1 aliphatic rings. The van der Waals surface area contributed by atoms with Crippen molar-refractivity contribution in [2.24, 2.45) is 4.99 Å². The molecule has 1 fully saturated rings. The van der Waals surface area contributed by atoms with Gasteiger partial charge in [0, 0.05) is 26.0 Å². The highest BCUT2D eigenvalue weighted by molar-refractivity contribution is 8.15. The fourth-order valence-electron chi connectivity index (χ4n) is 5.14. The predicted octanol–water partition coefficient (Wildman–Crippen LogP) is 6.29. The van der Waals surface area contributed by atoms with Crippen LogP contribution in [0.4, 0.5) is 23.7 Å². The van der Waals surface area contributed by atoms with E-state index in [1.165, 1.54) is 63.8 Å². The van der Waals surface area contributed by atoms with E-state index < -0.39 is 18.6 Å². The topological polar surface area (TPSA) is 122 Å². The summed E-state index contributed by atoms with van der Waals surface area (Å²) in [5, 5.41) is 7.53. The van der Waals surface area contributed by atoms with Gasteiger partial charge < -0.3 is 15.0 Å². The number of carbonyl (C=O) groups is 3. The Morgan fingerprint density at radius 1 is 1.10 bits per heavy atom. The fraction of sp³-hybridized carbons (Fsp3) is 0.294. The van der Waals surface area contributed by atoms with E-state index in [9.17, 15) is 27.6 Å². The highest BCUT2D eigenvalue weighted by atomic mass is 32.2. The lowest BCUT2D eigenvalue weighted by atomic mass is 10.0. The van der Waals surface area contributed by atoms with E-state index in [2.05, 4.69) is 32.1 Å². The molecule has 1 saturated heterocycles. The van der Waals surface area contributed by atoms with E-state index in [4.69, 9.17) is 0 Å². The van der Waals surface area contributed by atoms with Crippen molar-refractivity contribution in [2.75, 3.05) is 17.7 Å². The Morgan fingerprint density at radius 2 is 1.82 bits per heavy atom. The third kappa shape index (κ3) is 8.84. The number of aromatic nitrogens is 3. The third-order valence-electron chi connectivity index (χ3n) is 7.69. The van der Waals surface area contributed by atoms with Crippen LogP contribution < -0.4 is 15.0 Å². The molecule has 1 atom stereocenters. The van der Waals surface area contributed by atoms with Gasteiger partial charge in [0.2, 0.25) is 11.8 Å². The van der Waals surface area contributed by atoms with Crippen LogP contribution in [0.2, 0.25) is 0 Å². The molecule has 15 heteroatoms. The number of rotatable bonds is 10. The summed E-state index contributed by atoms with van der Waals surface area (Å²) in [6.07, 6.45) is -2.17. The Labute approximate surface area is 285 Å². The summed E-state index contributed by atoms with van der Waals surface area (Å²) in [6.45, 7) is 5.40. The minimum absolute atomic E-state index is 0.158. The van der Waals surface area contributed by atoms with E-state index >= 15 is 0 Å². The molecule has 0 saturated carbocycles. The number of likely N-dealkylation sites (N-methyl/N-ethyl adjacent to an activating group) is 1.